The molecule has 1 aromatic carbocycles. The van der Waals surface area contributed by atoms with Gasteiger partial charge in [0.25, 0.3) is 0 Å². The van der Waals surface area contributed by atoms with Crippen LogP contribution in [-0.2, 0) is 0 Å². The van der Waals surface area contributed by atoms with Crippen LogP contribution in [0.5, 0.6) is 0 Å². The smallest absolute Gasteiger partial charge is 0.0175 e. The molecule has 0 bridgehead atoms. The van der Waals surface area contributed by atoms with E-state index in [0.717, 1.165) is 10.0 Å². The van der Waals surface area contributed by atoms with Crippen LogP contribution in [0.25, 0.3) is 12.2 Å². The molecule has 104 valence electrons. The van der Waals surface area contributed by atoms with Gasteiger partial charge in [-0.15, -0.1) is 0 Å². The zero-order valence-electron chi connectivity index (χ0n) is 11.7. The first kappa shape index (κ1) is 15.3. The predicted octanol–water partition coefficient (Wildman–Crippen LogP) is 6.28. The molecule has 2 rings (SSSR count). The van der Waals surface area contributed by atoms with E-state index in [1.807, 2.05) is 66.8 Å². The van der Waals surface area contributed by atoms with Crippen molar-refractivity contribution in [1.29, 1.82) is 0 Å². The van der Waals surface area contributed by atoms with Gasteiger partial charge in [0, 0.05) is 4.47 Å². The molecule has 0 atom stereocenters. The van der Waals surface area contributed by atoms with Gasteiger partial charge in [0.15, 0.2) is 0 Å². The fourth-order valence-electron chi connectivity index (χ4n) is 1.81. The van der Waals surface area contributed by atoms with Crippen LogP contribution in [-0.4, -0.2) is 0 Å². The second-order valence-electron chi connectivity index (χ2n) is 4.41. The lowest BCUT2D eigenvalue weighted by Gasteiger charge is -1.97. The van der Waals surface area contributed by atoms with Crippen molar-refractivity contribution in [3.05, 3.63) is 107 Å². The first-order valence-corrected chi connectivity index (χ1v) is 7.63. The Morgan fingerprint density at radius 2 is 0.905 bits per heavy atom. The topological polar surface area (TPSA) is 0 Å². The molecule has 21 heavy (non-hydrogen) atoms. The number of hydrogen-bond donors (Lipinski definition) is 0. The monoisotopic (exact) mass is 336 g/mol. The van der Waals surface area contributed by atoms with E-state index in [1.165, 1.54) is 5.56 Å². The molecule has 0 nitrogen and oxygen atoms in total. The van der Waals surface area contributed by atoms with Gasteiger partial charge in [-0.05, 0) is 23.3 Å². The minimum absolute atomic E-state index is 1.05. The Balaban J connectivity index is 2.58. The lowest BCUT2D eigenvalue weighted by atomic mass is 10.1. The quantitative estimate of drug-likeness (QED) is 0.522. The van der Waals surface area contributed by atoms with Crippen molar-refractivity contribution >= 4 is 28.1 Å². The van der Waals surface area contributed by atoms with Gasteiger partial charge < -0.3 is 0 Å². The number of rotatable bonds is 0. The van der Waals surface area contributed by atoms with Crippen molar-refractivity contribution in [3.63, 3.8) is 0 Å². The third-order valence-corrected chi connectivity index (χ3v) is 3.36. The highest BCUT2D eigenvalue weighted by molar-refractivity contribution is 9.10. The molecule has 0 aliphatic heterocycles. The van der Waals surface area contributed by atoms with Gasteiger partial charge in [-0.2, -0.15) is 0 Å². The molecule has 0 aromatic heterocycles. The maximum atomic E-state index is 3.50. The number of fused-ring (bicyclic) bond motifs is 1. The molecule has 0 saturated carbocycles. The van der Waals surface area contributed by atoms with Gasteiger partial charge in [0.05, 0.1) is 0 Å². The maximum absolute atomic E-state index is 3.50. The molecule has 1 heteroatoms. The summed E-state index contributed by atoms with van der Waals surface area (Å²) in [7, 11) is 0. The van der Waals surface area contributed by atoms with E-state index in [2.05, 4.69) is 52.4 Å². The average Bonchev–Trinajstić information content (AvgIpc) is 2.47. The van der Waals surface area contributed by atoms with Crippen LogP contribution in [0.15, 0.2) is 95.5 Å². The second kappa shape index (κ2) is 8.93. The van der Waals surface area contributed by atoms with Crippen LogP contribution >= 0.6 is 15.9 Å². The molecule has 1 aliphatic carbocycles. The summed E-state index contributed by atoms with van der Waals surface area (Å²) < 4.78 is 1.05. The van der Waals surface area contributed by atoms with Gasteiger partial charge in [0.1, 0.15) is 0 Å². The van der Waals surface area contributed by atoms with E-state index in [9.17, 15) is 0 Å². The van der Waals surface area contributed by atoms with Crippen LogP contribution in [0, 0.1) is 0 Å². The van der Waals surface area contributed by atoms with Crippen LogP contribution in [0.2, 0.25) is 0 Å². The molecular formula is C20H17Br. The summed E-state index contributed by atoms with van der Waals surface area (Å²) >= 11 is 3.50. The first-order chi connectivity index (χ1) is 10.4. The Kier molecular flexibility index (Phi) is 6.50. The lowest BCUT2D eigenvalue weighted by molar-refractivity contribution is 1.61. The fraction of sp³-hybridized carbons (Fsp3) is 0. The van der Waals surface area contributed by atoms with Crippen molar-refractivity contribution in [3.8, 4) is 0 Å². The Morgan fingerprint density at radius 1 is 0.476 bits per heavy atom. The van der Waals surface area contributed by atoms with Crippen molar-refractivity contribution in [1.82, 2.24) is 0 Å². The Morgan fingerprint density at radius 3 is 1.52 bits per heavy atom. The van der Waals surface area contributed by atoms with Crippen molar-refractivity contribution in [2.75, 3.05) is 0 Å². The molecule has 0 spiro atoms. The van der Waals surface area contributed by atoms with E-state index in [-0.39, 0.29) is 0 Å². The van der Waals surface area contributed by atoms with Crippen molar-refractivity contribution in [2.24, 2.45) is 0 Å². The molecule has 1 aliphatic rings. The number of allylic oxidation sites excluding steroid dienone is 8. The molecule has 0 heterocycles. The highest BCUT2D eigenvalue weighted by Crippen LogP contribution is 2.12. The summed E-state index contributed by atoms with van der Waals surface area (Å²) in [6.45, 7) is 0. The van der Waals surface area contributed by atoms with Crippen molar-refractivity contribution in [2.45, 2.75) is 0 Å². The largest absolute Gasteiger partial charge is 0.0623 e. The average molecular weight is 337 g/mol. The normalized spacial score (nSPS) is 20.6. The Labute approximate surface area is 135 Å². The third kappa shape index (κ3) is 5.80. The summed E-state index contributed by atoms with van der Waals surface area (Å²) in [5, 5.41) is 0. The van der Waals surface area contributed by atoms with Gasteiger partial charge in [-0.1, -0.05) is 107 Å². The second-order valence-corrected chi connectivity index (χ2v) is 5.33. The standard InChI is InChI=1S/C20H17Br/c21-20-16-10-9-14-18-12-7-5-3-1-2-4-6-8-13-19(18)15-11-17-20/h1-17H/b2-1-,3-1?,4-2?,5-3-,6-4-,7-5?,8-6?,10-9?,12-7+,13-8-,14-9?,15-11?,16-10?,17-11?,18-12?,18-14?,19-13?,19-15?,19-18?,20-16?,20-17?. The molecule has 0 amide bonds. The molecule has 0 radical (unpaired) electrons. The van der Waals surface area contributed by atoms with Crippen LogP contribution in [0.1, 0.15) is 11.1 Å². The molecule has 0 saturated heterocycles. The minimum atomic E-state index is 1.05. The Bertz CT molecular complexity index is 672. The van der Waals surface area contributed by atoms with Crippen LogP contribution < -0.4 is 0 Å². The van der Waals surface area contributed by atoms with E-state index in [1.54, 1.807) is 0 Å². The molecule has 1 aromatic rings. The zero-order valence-corrected chi connectivity index (χ0v) is 13.3. The molecule has 0 fully saturated rings. The van der Waals surface area contributed by atoms with Gasteiger partial charge in [-0.25, -0.2) is 0 Å². The van der Waals surface area contributed by atoms with Gasteiger partial charge in [0.2, 0.25) is 0 Å². The summed E-state index contributed by atoms with van der Waals surface area (Å²) in [5.41, 5.74) is 2.33. The highest BCUT2D eigenvalue weighted by atomic mass is 79.9. The fourth-order valence-corrected chi connectivity index (χ4v) is 2.11. The summed E-state index contributed by atoms with van der Waals surface area (Å²) in [6, 6.07) is 14.4. The zero-order chi connectivity index (χ0) is 14.8. The SMILES string of the molecule is Brc1ccccc2c(ccc1)\C=C/C=C\C=C/C=C\C=C\2. The third-order valence-electron chi connectivity index (χ3n) is 2.84. The highest BCUT2D eigenvalue weighted by Gasteiger charge is 1.91. The van der Waals surface area contributed by atoms with Crippen molar-refractivity contribution < 1.29 is 0 Å². The van der Waals surface area contributed by atoms with E-state index in [0.29, 0.717) is 0 Å². The lowest BCUT2D eigenvalue weighted by Crippen LogP contribution is -1.76. The number of halogens is 1. The first-order valence-electron chi connectivity index (χ1n) is 6.84. The van der Waals surface area contributed by atoms with Gasteiger partial charge in [-0.3, -0.25) is 0 Å². The summed E-state index contributed by atoms with van der Waals surface area (Å²) in [5.74, 6) is 0. The number of hydrogen-bond acceptors (Lipinski definition) is 0. The van der Waals surface area contributed by atoms with E-state index < -0.39 is 0 Å². The predicted molar refractivity (Wildman–Crippen MR) is 97.3 cm³/mol. The molecule has 0 unspecified atom stereocenters. The summed E-state index contributed by atoms with van der Waals surface area (Å²) in [4.78, 5) is 0. The van der Waals surface area contributed by atoms with Gasteiger partial charge >= 0.3 is 0 Å². The summed E-state index contributed by atoms with van der Waals surface area (Å²) in [6.07, 6.45) is 20.5. The molecular weight excluding hydrogens is 320 g/mol. The maximum Gasteiger partial charge on any atom is 0.0175 e. The van der Waals surface area contributed by atoms with Crippen LogP contribution in [0.3, 0.4) is 0 Å². The van der Waals surface area contributed by atoms with E-state index >= 15 is 0 Å². The van der Waals surface area contributed by atoms with E-state index in [4.69, 9.17) is 0 Å². The minimum Gasteiger partial charge on any atom is -0.0623 e. The molecule has 0 N–H and O–H groups in total. The Hall–Kier alpha value is -2.12. The van der Waals surface area contributed by atoms with Crippen LogP contribution in [0.4, 0.5) is 0 Å².